The summed E-state index contributed by atoms with van der Waals surface area (Å²) in [7, 11) is 2.16. The minimum absolute atomic E-state index is 0.126. The molecule has 0 unspecified atom stereocenters. The molecule has 496 valence electrons. The molecule has 0 radical (unpaired) electrons. The number of cyclic esters (lactones) is 4. The van der Waals surface area contributed by atoms with Crippen molar-refractivity contribution < 1.29 is 114 Å². The Morgan fingerprint density at radius 2 is 1.06 bits per heavy atom. The van der Waals surface area contributed by atoms with Crippen molar-refractivity contribution in [1.29, 1.82) is 0 Å². The highest BCUT2D eigenvalue weighted by atomic mass is 16.8. The molecule has 4 heterocycles. The first kappa shape index (κ1) is 74.0. The van der Waals surface area contributed by atoms with Crippen LogP contribution in [0.4, 0.5) is 34.5 Å². The Morgan fingerprint density at radius 3 is 1.40 bits per heavy atom. The number of nitrogens with zero attached hydrogens (tertiary/aromatic N) is 7. The topological polar surface area (TPSA) is 518 Å². The van der Waals surface area contributed by atoms with Crippen LogP contribution in [0.15, 0.2) is 58.2 Å². The van der Waals surface area contributed by atoms with Gasteiger partial charge in [0.25, 0.3) is 5.69 Å². The number of nitro groups is 1. The van der Waals surface area contributed by atoms with Crippen LogP contribution in [0.3, 0.4) is 0 Å². The van der Waals surface area contributed by atoms with Crippen molar-refractivity contribution >= 4 is 66.2 Å². The van der Waals surface area contributed by atoms with Crippen LogP contribution in [0.2, 0.25) is 0 Å². The number of ether oxygens (including phenoxy) is 13. The Bertz CT molecular complexity index is 2870. The zero-order valence-corrected chi connectivity index (χ0v) is 50.7. The summed E-state index contributed by atoms with van der Waals surface area (Å²) in [6.45, 7) is 14.1. The average molecular weight is 1280 g/mol. The van der Waals surface area contributed by atoms with Gasteiger partial charge in [0.1, 0.15) is 30.2 Å². The molecule has 38 nitrogen and oxygen atoms in total. The second-order valence-corrected chi connectivity index (χ2v) is 21.0. The predicted molar refractivity (Wildman–Crippen MR) is 302 cm³/mol. The summed E-state index contributed by atoms with van der Waals surface area (Å²) >= 11 is 0. The van der Waals surface area contributed by atoms with Gasteiger partial charge in [0.15, 0.2) is 36.6 Å². The monoisotopic (exact) mass is 1280 g/mol. The summed E-state index contributed by atoms with van der Waals surface area (Å²) in [5.74, 6) is -3.98. The molecule has 5 rings (SSSR count). The number of benzene rings is 1. The Balaban J connectivity index is 0.000000394. The number of carbonyl (C=O) groups is 10. The van der Waals surface area contributed by atoms with Crippen LogP contribution in [0.25, 0.3) is 20.9 Å². The van der Waals surface area contributed by atoms with Gasteiger partial charge in [-0.3, -0.25) is 19.7 Å². The quantitative estimate of drug-likeness (QED) is 0.0101. The number of nitro benzene ring substituents is 1. The zero-order chi connectivity index (χ0) is 67.3. The number of non-ortho nitro benzene ring substituents is 1. The summed E-state index contributed by atoms with van der Waals surface area (Å²) in [6, 6.07) is -0.303. The maximum atomic E-state index is 12.7. The number of hydrogen-bond acceptors (Lipinski definition) is 28. The summed E-state index contributed by atoms with van der Waals surface area (Å²) in [6.07, 6.45) is -8.65. The number of unbranched alkanes of at least 4 members (excludes halogenated alkanes) is 2. The Hall–Kier alpha value is -10.2. The van der Waals surface area contributed by atoms with Gasteiger partial charge in [-0.2, -0.15) is 0 Å². The SMILES string of the molecule is CC(C)(C)OC(=O)NCCCCN.COC(=O)C1=C[C@H](N=[N+]=[N-])[C@@H](NC(C)=O)[C@H]([C@H](OC(=O)NCCCCNC(=O)OC(C)(C)C)[C@H]2COC(=O)O2)O1.COC(=O)C1=C[C@H](N=[N+]=[N-])[C@@H](NC(C)=O)[C@H]([C@H](OC(=O)Oc2ccc([N+](=O)[O-])cc2)[C@H]2COC(=O)O2)O1. The van der Waals surface area contributed by atoms with E-state index in [1.807, 2.05) is 20.8 Å². The fraction of sp³-hybridized carbons (Fsp3) is 0.615. The Labute approximate surface area is 513 Å². The molecular weight excluding hydrogens is 1210 g/mol. The molecule has 0 bridgehead atoms. The molecule has 90 heavy (non-hydrogen) atoms. The van der Waals surface area contributed by atoms with Gasteiger partial charge in [0.05, 0.1) is 43.3 Å². The molecule has 4 aliphatic rings. The van der Waals surface area contributed by atoms with Crippen LogP contribution in [0.1, 0.15) is 81.1 Å². The highest BCUT2D eigenvalue weighted by Gasteiger charge is 2.52. The number of carbonyl (C=O) groups excluding carboxylic acids is 10. The van der Waals surface area contributed by atoms with Gasteiger partial charge in [-0.1, -0.05) is 10.2 Å². The van der Waals surface area contributed by atoms with E-state index in [-0.39, 0.29) is 36.4 Å². The van der Waals surface area contributed by atoms with E-state index in [1.165, 1.54) is 6.92 Å². The summed E-state index contributed by atoms with van der Waals surface area (Å²) in [4.78, 5) is 135. The van der Waals surface area contributed by atoms with E-state index >= 15 is 0 Å². The molecule has 1 aromatic rings. The van der Waals surface area contributed by atoms with Crippen LogP contribution in [-0.4, -0.2) is 191 Å². The maximum Gasteiger partial charge on any atom is 0.514 e. The lowest BCUT2D eigenvalue weighted by atomic mass is 9.92. The maximum absolute atomic E-state index is 12.7. The summed E-state index contributed by atoms with van der Waals surface area (Å²) in [5.41, 5.74) is 22.1. The van der Waals surface area contributed by atoms with E-state index in [9.17, 15) is 58.1 Å². The number of azide groups is 2. The number of methoxy groups -OCH3 is 2. The van der Waals surface area contributed by atoms with Gasteiger partial charge < -0.3 is 93.9 Å². The second-order valence-electron chi connectivity index (χ2n) is 21.0. The van der Waals surface area contributed by atoms with Crippen molar-refractivity contribution in [2.75, 3.05) is 53.6 Å². The average Bonchev–Trinajstić information content (AvgIpc) is 1.16. The van der Waals surface area contributed by atoms with Crippen molar-refractivity contribution in [3.63, 3.8) is 0 Å². The third-order valence-corrected chi connectivity index (χ3v) is 11.7. The molecule has 1 aromatic carbocycles. The first-order valence-electron chi connectivity index (χ1n) is 27.4. The molecule has 38 heteroatoms. The van der Waals surface area contributed by atoms with E-state index in [0.29, 0.717) is 32.5 Å². The highest BCUT2D eigenvalue weighted by Crippen LogP contribution is 2.32. The van der Waals surface area contributed by atoms with Gasteiger partial charge >= 0.3 is 48.7 Å². The third-order valence-electron chi connectivity index (χ3n) is 11.7. The van der Waals surface area contributed by atoms with Crippen molar-refractivity contribution in [1.82, 2.24) is 26.6 Å². The van der Waals surface area contributed by atoms with Crippen LogP contribution in [0.5, 0.6) is 5.75 Å². The van der Waals surface area contributed by atoms with Crippen LogP contribution < -0.4 is 37.1 Å². The van der Waals surface area contributed by atoms with Crippen molar-refractivity contribution in [3.8, 4) is 5.75 Å². The van der Waals surface area contributed by atoms with Crippen molar-refractivity contribution in [3.05, 3.63) is 78.9 Å². The summed E-state index contributed by atoms with van der Waals surface area (Å²) in [5, 5.41) is 30.8. The Morgan fingerprint density at radius 1 is 0.656 bits per heavy atom. The molecule has 0 aromatic heterocycles. The van der Waals surface area contributed by atoms with Gasteiger partial charge in [-0.05, 0) is 109 Å². The number of nitrogens with two attached hydrogens (primary N) is 1. The summed E-state index contributed by atoms with van der Waals surface area (Å²) < 4.78 is 66.6. The van der Waals surface area contributed by atoms with E-state index in [0.717, 1.165) is 70.4 Å². The second kappa shape index (κ2) is 36.2. The molecule has 0 spiro atoms. The molecule has 0 aliphatic carbocycles. The number of alkyl carbamates (subject to hydrolysis) is 3. The molecule has 2 fully saturated rings. The van der Waals surface area contributed by atoms with Gasteiger partial charge in [-0.25, -0.2) is 38.4 Å². The number of nitrogens with one attached hydrogen (secondary N) is 5. The minimum Gasteiger partial charge on any atom is -0.477 e. The molecule has 7 N–H and O–H groups in total. The predicted octanol–water partition coefficient (Wildman–Crippen LogP) is 4.46. The van der Waals surface area contributed by atoms with Crippen LogP contribution >= 0.6 is 0 Å². The van der Waals surface area contributed by atoms with E-state index < -0.39 is 144 Å². The van der Waals surface area contributed by atoms with Crippen LogP contribution in [0, 0.1) is 10.1 Å². The van der Waals surface area contributed by atoms with Crippen LogP contribution in [-0.2, 0) is 76.0 Å². The van der Waals surface area contributed by atoms with Gasteiger partial charge in [0, 0.05) is 55.4 Å². The highest BCUT2D eigenvalue weighted by molar-refractivity contribution is 5.87. The van der Waals surface area contributed by atoms with E-state index in [4.69, 9.17) is 68.9 Å². The molecule has 10 atom stereocenters. The molecular formula is C52H73N13O25. The van der Waals surface area contributed by atoms with E-state index in [2.05, 4.69) is 56.1 Å². The number of esters is 2. The molecule has 0 saturated carbocycles. The number of rotatable bonds is 23. The molecule has 5 amide bonds. The fourth-order valence-electron chi connectivity index (χ4n) is 8.00. The third kappa shape index (κ3) is 26.0. The lowest BCUT2D eigenvalue weighted by molar-refractivity contribution is -0.384. The lowest BCUT2D eigenvalue weighted by Crippen LogP contribution is -2.60. The largest absolute Gasteiger partial charge is 0.514 e. The molecule has 4 aliphatic heterocycles. The lowest BCUT2D eigenvalue weighted by Gasteiger charge is -2.39. The smallest absolute Gasteiger partial charge is 0.477 e. The number of hydrogen-bond donors (Lipinski definition) is 6. The fourth-order valence-corrected chi connectivity index (χ4v) is 8.00. The first-order valence-corrected chi connectivity index (χ1v) is 27.4. The van der Waals surface area contributed by atoms with E-state index in [1.54, 1.807) is 20.8 Å². The minimum atomic E-state index is -1.58. The zero-order valence-electron chi connectivity index (χ0n) is 50.7. The number of amides is 5. The van der Waals surface area contributed by atoms with Gasteiger partial charge in [0.2, 0.25) is 23.3 Å². The Kier molecular flexibility index (Phi) is 29.8. The normalized spacial score (nSPS) is 21.1. The standard InChI is InChI=1S/C23H34N6O11.C20H19N5O12.C9H20N2O2/c1-12(30)27-16-13(28-29-24)10-14(19(31)35-5)37-18(16)17(15-11-36-22(34)38-15)39-20(32)25-8-6-7-9-26-21(33)40-23(2,3)4;1-9(26)22-15-12(23-24-21)7-13(18(27)32-2)35-17(15)16(14-8-33-19(28)36-14)37-20(29)34-11-5-3-10(4-6-11)25(30)31;1-9(2,3)13-8(12)11-7-5-4-6-10/h10,13,15-18H,6-9,11H2,1-5H3,(H,25,32)(H,26,33)(H,27,30);3-7,12,14-17H,8H2,1-2H3,(H,22,26);4-7,10H2,1-3H3,(H,11,12)/t13-,15+,16+,17+,18+;12-,14+,15+,16+,17+;/m00./s1. The first-order chi connectivity index (χ1) is 42.4. The van der Waals surface area contributed by atoms with Crippen molar-refractivity contribution in [2.45, 2.75) is 153 Å². The van der Waals surface area contributed by atoms with Crippen molar-refractivity contribution in [2.24, 2.45) is 16.0 Å². The molecule has 2 saturated heterocycles. The van der Waals surface area contributed by atoms with Gasteiger partial charge in [-0.15, -0.1) is 0 Å².